The maximum absolute atomic E-state index is 13.3. The van der Waals surface area contributed by atoms with E-state index in [4.69, 9.17) is 11.6 Å². The Morgan fingerprint density at radius 2 is 1.84 bits per heavy atom. The first-order valence-electron chi connectivity index (χ1n) is 11.5. The topological polar surface area (TPSA) is 49.4 Å². The first kappa shape index (κ1) is 24.2. The van der Waals surface area contributed by atoms with Gasteiger partial charge in [0.05, 0.1) is 18.6 Å². The summed E-state index contributed by atoms with van der Waals surface area (Å²) in [5.74, 6) is 0.340. The predicted molar refractivity (Wildman–Crippen MR) is 132 cm³/mol. The van der Waals surface area contributed by atoms with Crippen LogP contribution in [0.25, 0.3) is 6.08 Å². The van der Waals surface area contributed by atoms with Crippen LogP contribution in [-0.4, -0.2) is 41.8 Å². The van der Waals surface area contributed by atoms with Gasteiger partial charge in [-0.25, -0.2) is 0 Å². The summed E-state index contributed by atoms with van der Waals surface area (Å²) in [4.78, 5) is 28.1. The van der Waals surface area contributed by atoms with E-state index in [2.05, 4.69) is 43.4 Å². The number of hydrogen-bond donors (Lipinski definition) is 1. The summed E-state index contributed by atoms with van der Waals surface area (Å²) in [6.07, 6.45) is 7.90. The zero-order valence-corrected chi connectivity index (χ0v) is 19.7. The highest BCUT2D eigenvalue weighted by molar-refractivity contribution is 6.30. The van der Waals surface area contributed by atoms with Gasteiger partial charge in [0.25, 0.3) is 0 Å². The van der Waals surface area contributed by atoms with Gasteiger partial charge in [-0.1, -0.05) is 80.8 Å². The number of benzene rings is 2. The molecule has 32 heavy (non-hydrogen) atoms. The highest BCUT2D eigenvalue weighted by atomic mass is 35.5. The van der Waals surface area contributed by atoms with Crippen molar-refractivity contribution in [2.45, 2.75) is 51.6 Å². The fourth-order valence-corrected chi connectivity index (χ4v) is 4.19. The van der Waals surface area contributed by atoms with Gasteiger partial charge >= 0.3 is 0 Å². The molecule has 1 heterocycles. The number of halogens is 1. The van der Waals surface area contributed by atoms with E-state index in [1.165, 1.54) is 0 Å². The molecular weight excluding hydrogens is 420 g/mol. The maximum Gasteiger partial charge on any atom is 0.237 e. The van der Waals surface area contributed by atoms with Crippen LogP contribution in [0.3, 0.4) is 0 Å². The average Bonchev–Trinajstić information content (AvgIpc) is 2.82. The highest BCUT2D eigenvalue weighted by Crippen LogP contribution is 2.20. The van der Waals surface area contributed by atoms with E-state index in [1.807, 2.05) is 23.1 Å². The molecule has 0 saturated carbocycles. The number of nitrogens with zero attached hydrogens (tertiary/aromatic N) is 1. The molecule has 5 heteroatoms. The molecule has 0 aliphatic carbocycles. The molecular formula is C27H33ClN2O2. The Hall–Kier alpha value is -2.43. The number of hydrogen-bond acceptors (Lipinski definition) is 3. The Balaban J connectivity index is 1.68. The third-order valence-corrected chi connectivity index (χ3v) is 6.54. The van der Waals surface area contributed by atoms with Gasteiger partial charge in [0.1, 0.15) is 0 Å². The van der Waals surface area contributed by atoms with Gasteiger partial charge in [0.2, 0.25) is 5.91 Å². The Labute approximate surface area is 196 Å². The number of nitrogens with one attached hydrogen (secondary N) is 1. The monoisotopic (exact) mass is 452 g/mol. The number of Topliss-reactive ketones (excluding diaryl/α,β-unsaturated/α-hetero) is 1. The number of ketones is 1. The molecule has 0 unspecified atom stereocenters. The second-order valence-corrected chi connectivity index (χ2v) is 9.04. The molecule has 1 aliphatic rings. The quantitative estimate of drug-likeness (QED) is 0.502. The number of carbonyl (C=O) groups is 2. The van der Waals surface area contributed by atoms with E-state index in [0.717, 1.165) is 37.8 Å². The molecule has 2 aromatic rings. The summed E-state index contributed by atoms with van der Waals surface area (Å²) >= 11 is 5.94. The lowest BCUT2D eigenvalue weighted by Gasteiger charge is -2.35. The van der Waals surface area contributed by atoms with Crippen LogP contribution in [0.5, 0.6) is 0 Å². The van der Waals surface area contributed by atoms with Gasteiger partial charge < -0.3 is 5.32 Å². The van der Waals surface area contributed by atoms with Gasteiger partial charge in [0.15, 0.2) is 5.78 Å². The van der Waals surface area contributed by atoms with Crippen LogP contribution in [0.2, 0.25) is 5.02 Å². The van der Waals surface area contributed by atoms with E-state index in [-0.39, 0.29) is 30.3 Å². The van der Waals surface area contributed by atoms with Crippen molar-refractivity contribution >= 4 is 29.4 Å². The van der Waals surface area contributed by atoms with E-state index in [0.29, 0.717) is 16.5 Å². The van der Waals surface area contributed by atoms with Crippen LogP contribution in [0.1, 0.15) is 55.5 Å². The van der Waals surface area contributed by atoms with E-state index >= 15 is 0 Å². The minimum absolute atomic E-state index is 0.0108. The summed E-state index contributed by atoms with van der Waals surface area (Å²) in [6, 6.07) is 16.7. The number of piperidine rings is 1. The van der Waals surface area contributed by atoms with Crippen molar-refractivity contribution in [3.8, 4) is 0 Å². The van der Waals surface area contributed by atoms with Crippen molar-refractivity contribution in [2.75, 3.05) is 13.1 Å². The summed E-state index contributed by atoms with van der Waals surface area (Å²) in [6.45, 7) is 5.29. The highest BCUT2D eigenvalue weighted by Gasteiger charge is 2.31. The maximum atomic E-state index is 13.3. The molecule has 3 rings (SSSR count). The zero-order chi connectivity index (χ0) is 22.9. The van der Waals surface area contributed by atoms with Crippen LogP contribution in [0.15, 0.2) is 60.7 Å². The zero-order valence-electron chi connectivity index (χ0n) is 19.0. The van der Waals surface area contributed by atoms with Gasteiger partial charge in [-0.05, 0) is 55.1 Å². The van der Waals surface area contributed by atoms with Crippen molar-refractivity contribution in [1.82, 2.24) is 10.2 Å². The summed E-state index contributed by atoms with van der Waals surface area (Å²) in [5, 5.41) is 3.87. The lowest BCUT2D eigenvalue weighted by atomic mass is 9.95. The van der Waals surface area contributed by atoms with Crippen molar-refractivity contribution in [2.24, 2.45) is 5.92 Å². The molecule has 1 aliphatic heterocycles. The minimum Gasteiger partial charge on any atom is -0.348 e. The van der Waals surface area contributed by atoms with E-state index in [1.54, 1.807) is 24.3 Å². The van der Waals surface area contributed by atoms with Crippen LogP contribution < -0.4 is 5.32 Å². The first-order chi connectivity index (χ1) is 15.5. The molecule has 1 fully saturated rings. The molecule has 0 radical (unpaired) electrons. The molecule has 4 nitrogen and oxygen atoms in total. The molecule has 3 atom stereocenters. The van der Waals surface area contributed by atoms with Gasteiger partial charge in [-0.3, -0.25) is 14.5 Å². The Kier molecular flexibility index (Phi) is 9.07. The fraction of sp³-hybridized carbons (Fsp3) is 0.407. The molecule has 0 spiro atoms. The average molecular weight is 453 g/mol. The smallest absolute Gasteiger partial charge is 0.237 e. The molecule has 1 amide bonds. The van der Waals surface area contributed by atoms with Crippen LogP contribution >= 0.6 is 11.6 Å². The van der Waals surface area contributed by atoms with E-state index < -0.39 is 0 Å². The largest absolute Gasteiger partial charge is 0.348 e. The summed E-state index contributed by atoms with van der Waals surface area (Å²) < 4.78 is 0. The number of likely N-dealkylation sites (tertiary alicyclic amines) is 1. The van der Waals surface area contributed by atoms with Gasteiger partial charge in [0, 0.05) is 10.6 Å². The first-order valence-corrected chi connectivity index (χ1v) is 11.9. The summed E-state index contributed by atoms with van der Waals surface area (Å²) in [5.41, 5.74) is 1.74. The SMILES string of the molecule is CC[C@H](C)[C@@H](/C=C/c1ccccc1)NC(=O)[C@@H]1CCCCN1CC(=O)c1ccc(Cl)cc1. The number of rotatable bonds is 9. The second-order valence-electron chi connectivity index (χ2n) is 8.60. The molecule has 1 N–H and O–H groups in total. The Morgan fingerprint density at radius 3 is 2.53 bits per heavy atom. The van der Waals surface area contributed by atoms with Gasteiger partial charge in [-0.15, -0.1) is 0 Å². The third-order valence-electron chi connectivity index (χ3n) is 6.29. The van der Waals surface area contributed by atoms with Crippen LogP contribution in [0, 0.1) is 5.92 Å². The lowest BCUT2D eigenvalue weighted by molar-refractivity contribution is -0.128. The van der Waals surface area contributed by atoms with Crippen molar-refractivity contribution in [1.29, 1.82) is 0 Å². The molecule has 170 valence electrons. The lowest BCUT2D eigenvalue weighted by Crippen LogP contribution is -2.53. The molecule has 0 bridgehead atoms. The third kappa shape index (κ3) is 6.78. The second kappa shape index (κ2) is 12.0. The van der Waals surface area contributed by atoms with E-state index in [9.17, 15) is 9.59 Å². The normalized spacial score (nSPS) is 18.9. The molecule has 1 saturated heterocycles. The number of carbonyl (C=O) groups excluding carboxylic acids is 2. The summed E-state index contributed by atoms with van der Waals surface area (Å²) in [7, 11) is 0. The molecule has 2 aromatic carbocycles. The standard InChI is InChI=1S/C27H33ClN2O2/c1-3-20(2)24(17-12-21-9-5-4-6-10-21)29-27(32)25-11-7-8-18-30(25)19-26(31)22-13-15-23(28)16-14-22/h4-6,9-10,12-17,20,24-25H,3,7-8,11,18-19H2,1-2H3,(H,29,32)/b17-12+/t20-,24+,25-/m0/s1. The Bertz CT molecular complexity index is 911. The fourth-order valence-electron chi connectivity index (χ4n) is 4.06. The van der Waals surface area contributed by atoms with Gasteiger partial charge in [-0.2, -0.15) is 0 Å². The van der Waals surface area contributed by atoms with Crippen molar-refractivity contribution in [3.05, 3.63) is 76.8 Å². The minimum atomic E-state index is -0.281. The Morgan fingerprint density at radius 1 is 1.12 bits per heavy atom. The molecule has 0 aromatic heterocycles. The van der Waals surface area contributed by atoms with Crippen LogP contribution in [0.4, 0.5) is 0 Å². The van der Waals surface area contributed by atoms with Crippen LogP contribution in [-0.2, 0) is 4.79 Å². The predicted octanol–water partition coefficient (Wildman–Crippen LogP) is 5.62. The van der Waals surface area contributed by atoms with Crippen molar-refractivity contribution < 1.29 is 9.59 Å². The van der Waals surface area contributed by atoms with Crippen molar-refractivity contribution in [3.63, 3.8) is 0 Å². The number of amides is 1.